The molecule has 5 heteroatoms. The Morgan fingerprint density at radius 1 is 1.26 bits per heavy atom. The number of aryl methyl sites for hydroxylation is 2. The van der Waals surface area contributed by atoms with Crippen LogP contribution in [0.2, 0.25) is 0 Å². The monoisotopic (exact) mass is 370 g/mol. The maximum atomic E-state index is 12.3. The molecule has 27 heavy (non-hydrogen) atoms. The lowest BCUT2D eigenvalue weighted by atomic mass is 10.1. The van der Waals surface area contributed by atoms with Gasteiger partial charge in [0.25, 0.3) is 0 Å². The van der Waals surface area contributed by atoms with Crippen LogP contribution in [0.15, 0.2) is 18.3 Å². The van der Waals surface area contributed by atoms with Crippen molar-refractivity contribution in [3.8, 4) is 0 Å². The number of carbonyl (C=O) groups excluding carboxylic acids is 1. The van der Waals surface area contributed by atoms with E-state index in [4.69, 9.17) is 4.98 Å². The van der Waals surface area contributed by atoms with Gasteiger partial charge in [0.2, 0.25) is 5.91 Å². The predicted molar refractivity (Wildman–Crippen MR) is 110 cm³/mol. The smallest absolute Gasteiger partial charge is 0.220 e. The lowest BCUT2D eigenvalue weighted by Crippen LogP contribution is -2.34. The van der Waals surface area contributed by atoms with Crippen molar-refractivity contribution < 1.29 is 4.79 Å². The summed E-state index contributed by atoms with van der Waals surface area (Å²) in [6.07, 6.45) is 12.6. The molecular formula is C22H34N4O. The van der Waals surface area contributed by atoms with Gasteiger partial charge in [0, 0.05) is 31.6 Å². The number of amides is 1. The molecular weight excluding hydrogens is 336 g/mol. The van der Waals surface area contributed by atoms with Crippen molar-refractivity contribution in [1.29, 1.82) is 0 Å². The molecule has 0 saturated heterocycles. The van der Waals surface area contributed by atoms with Gasteiger partial charge in [-0.25, -0.2) is 9.97 Å². The quantitative estimate of drug-likeness (QED) is 0.689. The van der Waals surface area contributed by atoms with Gasteiger partial charge in [0.05, 0.1) is 0 Å². The van der Waals surface area contributed by atoms with E-state index in [1.165, 1.54) is 25.7 Å². The first-order valence-corrected chi connectivity index (χ1v) is 10.7. The van der Waals surface area contributed by atoms with Crippen molar-refractivity contribution in [2.24, 2.45) is 5.92 Å². The van der Waals surface area contributed by atoms with Crippen LogP contribution in [-0.2, 0) is 17.8 Å². The molecule has 1 saturated carbocycles. The van der Waals surface area contributed by atoms with E-state index in [0.29, 0.717) is 18.4 Å². The SMILES string of the molecule is CC(C)CCn1c(CCCC(=O)NC2CCCCCC2)nc2cccnc21. The first-order valence-electron chi connectivity index (χ1n) is 10.7. The molecule has 5 nitrogen and oxygen atoms in total. The maximum absolute atomic E-state index is 12.3. The third-order valence-corrected chi connectivity index (χ3v) is 5.54. The van der Waals surface area contributed by atoms with Gasteiger partial charge < -0.3 is 9.88 Å². The van der Waals surface area contributed by atoms with Crippen LogP contribution in [0.1, 0.15) is 77.5 Å². The van der Waals surface area contributed by atoms with Crippen LogP contribution in [0, 0.1) is 5.92 Å². The van der Waals surface area contributed by atoms with Crippen molar-refractivity contribution in [2.45, 2.75) is 90.6 Å². The fourth-order valence-electron chi connectivity index (χ4n) is 3.95. The Hall–Kier alpha value is -1.91. The van der Waals surface area contributed by atoms with Crippen molar-refractivity contribution in [1.82, 2.24) is 19.9 Å². The van der Waals surface area contributed by atoms with Crippen molar-refractivity contribution >= 4 is 17.1 Å². The Kier molecular flexibility index (Phi) is 7.25. The molecule has 0 spiro atoms. The number of fused-ring (bicyclic) bond motifs is 1. The van der Waals surface area contributed by atoms with Crippen molar-refractivity contribution in [2.75, 3.05) is 0 Å². The molecule has 3 rings (SSSR count). The number of imidazole rings is 1. The highest BCUT2D eigenvalue weighted by Gasteiger charge is 2.16. The molecule has 1 aliphatic carbocycles. The van der Waals surface area contributed by atoms with Crippen LogP contribution in [-0.4, -0.2) is 26.5 Å². The van der Waals surface area contributed by atoms with Crippen LogP contribution in [0.5, 0.6) is 0 Å². The van der Waals surface area contributed by atoms with Crippen LogP contribution in [0.3, 0.4) is 0 Å². The third kappa shape index (κ3) is 5.78. The molecule has 2 heterocycles. The number of rotatable bonds is 8. The van der Waals surface area contributed by atoms with Crippen LogP contribution in [0.4, 0.5) is 0 Å². The van der Waals surface area contributed by atoms with E-state index in [9.17, 15) is 4.79 Å². The van der Waals surface area contributed by atoms with Crippen LogP contribution >= 0.6 is 0 Å². The van der Waals surface area contributed by atoms with E-state index in [2.05, 4.69) is 28.7 Å². The highest BCUT2D eigenvalue weighted by Crippen LogP contribution is 2.19. The second-order valence-electron chi connectivity index (χ2n) is 8.32. The molecule has 0 aromatic carbocycles. The first-order chi connectivity index (χ1) is 13.1. The summed E-state index contributed by atoms with van der Waals surface area (Å²) in [5.41, 5.74) is 1.93. The number of aromatic nitrogens is 3. The number of pyridine rings is 1. The van der Waals surface area contributed by atoms with Gasteiger partial charge in [0.1, 0.15) is 11.3 Å². The highest BCUT2D eigenvalue weighted by atomic mass is 16.1. The number of hydrogen-bond donors (Lipinski definition) is 1. The molecule has 2 aromatic rings. The zero-order chi connectivity index (χ0) is 19.1. The Balaban J connectivity index is 1.56. The van der Waals surface area contributed by atoms with Gasteiger partial charge in [-0.1, -0.05) is 39.5 Å². The summed E-state index contributed by atoms with van der Waals surface area (Å²) in [6, 6.07) is 4.35. The zero-order valence-corrected chi connectivity index (χ0v) is 16.9. The number of nitrogens with zero attached hydrogens (tertiary/aromatic N) is 3. The molecule has 0 unspecified atom stereocenters. The predicted octanol–water partition coefficient (Wildman–Crippen LogP) is 4.64. The van der Waals surface area contributed by atoms with E-state index < -0.39 is 0 Å². The second kappa shape index (κ2) is 9.86. The highest BCUT2D eigenvalue weighted by molar-refractivity contribution is 5.76. The van der Waals surface area contributed by atoms with Crippen molar-refractivity contribution in [3.05, 3.63) is 24.2 Å². The second-order valence-corrected chi connectivity index (χ2v) is 8.32. The summed E-state index contributed by atoms with van der Waals surface area (Å²) in [5.74, 6) is 1.90. The molecule has 0 atom stereocenters. The fraction of sp³-hybridized carbons (Fsp3) is 0.682. The summed E-state index contributed by atoms with van der Waals surface area (Å²) in [7, 11) is 0. The largest absolute Gasteiger partial charge is 0.353 e. The van der Waals surface area contributed by atoms with E-state index in [1.54, 1.807) is 0 Å². The van der Waals surface area contributed by atoms with Gasteiger partial charge in [-0.05, 0) is 43.7 Å². The lowest BCUT2D eigenvalue weighted by Gasteiger charge is -2.16. The normalized spacial score (nSPS) is 16.0. The van der Waals surface area contributed by atoms with E-state index >= 15 is 0 Å². The third-order valence-electron chi connectivity index (χ3n) is 5.54. The van der Waals surface area contributed by atoms with Gasteiger partial charge in [-0.3, -0.25) is 4.79 Å². The minimum atomic E-state index is 0.199. The van der Waals surface area contributed by atoms with Crippen LogP contribution in [0.25, 0.3) is 11.2 Å². The number of nitrogens with one attached hydrogen (secondary N) is 1. The standard InChI is InChI=1S/C22H34N4O/c1-17(2)14-16-26-20(25-19-11-8-15-23-22(19)26)12-7-13-21(27)24-18-9-5-3-4-6-10-18/h8,11,15,17-18H,3-7,9-10,12-14,16H2,1-2H3,(H,24,27). The zero-order valence-electron chi connectivity index (χ0n) is 16.9. The molecule has 148 valence electrons. The van der Waals surface area contributed by atoms with Gasteiger partial charge in [-0.2, -0.15) is 0 Å². The van der Waals surface area contributed by atoms with Crippen molar-refractivity contribution in [3.63, 3.8) is 0 Å². The van der Waals surface area contributed by atoms with Crippen LogP contribution < -0.4 is 5.32 Å². The molecule has 0 bridgehead atoms. The minimum absolute atomic E-state index is 0.199. The molecule has 2 aromatic heterocycles. The fourth-order valence-corrected chi connectivity index (χ4v) is 3.95. The maximum Gasteiger partial charge on any atom is 0.220 e. The molecule has 0 radical (unpaired) electrons. The molecule has 1 amide bonds. The minimum Gasteiger partial charge on any atom is -0.353 e. The van der Waals surface area contributed by atoms with Gasteiger partial charge in [-0.15, -0.1) is 0 Å². The Labute approximate surface area is 163 Å². The topological polar surface area (TPSA) is 59.8 Å². The van der Waals surface area contributed by atoms with Gasteiger partial charge >= 0.3 is 0 Å². The molecule has 1 aliphatic rings. The summed E-state index contributed by atoms with van der Waals surface area (Å²) < 4.78 is 2.25. The average molecular weight is 371 g/mol. The molecule has 1 N–H and O–H groups in total. The number of carbonyl (C=O) groups is 1. The molecule has 0 aliphatic heterocycles. The summed E-state index contributed by atoms with van der Waals surface area (Å²) in [6.45, 7) is 5.42. The van der Waals surface area contributed by atoms with E-state index in [1.807, 2.05) is 18.3 Å². The summed E-state index contributed by atoms with van der Waals surface area (Å²) in [4.78, 5) is 21.6. The lowest BCUT2D eigenvalue weighted by molar-refractivity contribution is -0.122. The summed E-state index contributed by atoms with van der Waals surface area (Å²) >= 11 is 0. The first kappa shape index (κ1) is 19.8. The Morgan fingerprint density at radius 2 is 2.04 bits per heavy atom. The van der Waals surface area contributed by atoms with E-state index in [-0.39, 0.29) is 5.91 Å². The number of hydrogen-bond acceptors (Lipinski definition) is 3. The average Bonchev–Trinajstić information content (AvgIpc) is 2.79. The summed E-state index contributed by atoms with van der Waals surface area (Å²) in [5, 5.41) is 3.25. The Morgan fingerprint density at radius 3 is 2.78 bits per heavy atom. The Bertz CT molecular complexity index is 729. The van der Waals surface area contributed by atoms with E-state index in [0.717, 1.165) is 55.6 Å². The molecule has 1 fully saturated rings. The van der Waals surface area contributed by atoms with Gasteiger partial charge in [0.15, 0.2) is 5.65 Å².